The number of nitrogens with zero attached hydrogens (tertiary/aromatic N) is 4. The van der Waals surface area contributed by atoms with E-state index in [1.165, 1.54) is 11.0 Å². The average Bonchev–Trinajstić information content (AvgIpc) is 2.98. The quantitative estimate of drug-likeness (QED) is 0.328. The highest BCUT2D eigenvalue weighted by molar-refractivity contribution is 5.97. The number of hydrogen-bond acceptors (Lipinski definition) is 10. The van der Waals surface area contributed by atoms with Crippen LogP contribution in [0.4, 0.5) is 10.6 Å². The summed E-state index contributed by atoms with van der Waals surface area (Å²) in [6.45, 7) is 9.88. The highest BCUT2D eigenvalue weighted by Gasteiger charge is 2.32. The summed E-state index contributed by atoms with van der Waals surface area (Å²) in [6.07, 6.45) is -0.542. The molecule has 2 atom stereocenters. The Bertz CT molecular complexity index is 1260. The summed E-state index contributed by atoms with van der Waals surface area (Å²) in [5.74, 6) is -0.901. The number of anilines is 1. The van der Waals surface area contributed by atoms with Gasteiger partial charge in [0.1, 0.15) is 23.2 Å². The minimum absolute atomic E-state index is 0.000850. The van der Waals surface area contributed by atoms with Gasteiger partial charge in [0.2, 0.25) is 5.91 Å². The number of ether oxygens (including phenoxy) is 2. The van der Waals surface area contributed by atoms with Crippen molar-refractivity contribution in [2.24, 2.45) is 0 Å². The molecular formula is C30H42N6O7. The molecule has 1 aromatic carbocycles. The molecule has 1 aliphatic heterocycles. The molecule has 0 aliphatic carbocycles. The van der Waals surface area contributed by atoms with Crippen molar-refractivity contribution in [2.75, 3.05) is 44.7 Å². The number of aliphatic hydroxyl groups excluding tert-OH is 1. The number of amides is 3. The first-order valence-electron chi connectivity index (χ1n) is 14.4. The van der Waals surface area contributed by atoms with Gasteiger partial charge in [0.15, 0.2) is 5.82 Å². The zero-order valence-corrected chi connectivity index (χ0v) is 25.5. The van der Waals surface area contributed by atoms with E-state index in [0.29, 0.717) is 11.4 Å². The van der Waals surface area contributed by atoms with Gasteiger partial charge in [-0.2, -0.15) is 0 Å². The fourth-order valence-electron chi connectivity index (χ4n) is 4.34. The van der Waals surface area contributed by atoms with Gasteiger partial charge in [-0.1, -0.05) is 30.3 Å². The molecule has 0 bridgehead atoms. The predicted octanol–water partition coefficient (Wildman–Crippen LogP) is 2.46. The maximum absolute atomic E-state index is 13.7. The third-order valence-electron chi connectivity index (χ3n) is 6.44. The second-order valence-corrected chi connectivity index (χ2v) is 11.2. The van der Waals surface area contributed by atoms with Crippen molar-refractivity contribution in [1.29, 1.82) is 0 Å². The number of benzene rings is 1. The molecule has 43 heavy (non-hydrogen) atoms. The Hall–Kier alpha value is -4.26. The monoisotopic (exact) mass is 598 g/mol. The fraction of sp³-hybridized carbons (Fsp3) is 0.533. The van der Waals surface area contributed by atoms with Gasteiger partial charge in [-0.3, -0.25) is 14.4 Å². The van der Waals surface area contributed by atoms with Gasteiger partial charge in [0.25, 0.3) is 5.91 Å². The van der Waals surface area contributed by atoms with Crippen LogP contribution in [0, 0.1) is 0 Å². The number of hydrogen-bond donors (Lipinski definition) is 3. The van der Waals surface area contributed by atoms with E-state index in [4.69, 9.17) is 9.47 Å². The first-order chi connectivity index (χ1) is 20.4. The molecule has 1 aliphatic rings. The van der Waals surface area contributed by atoms with Crippen LogP contribution in [-0.2, 0) is 19.1 Å². The first-order valence-corrected chi connectivity index (χ1v) is 14.4. The average molecular weight is 599 g/mol. The molecule has 0 radical (unpaired) electrons. The topological polar surface area (TPSA) is 163 Å². The van der Waals surface area contributed by atoms with Gasteiger partial charge in [0.05, 0.1) is 13.2 Å². The van der Waals surface area contributed by atoms with E-state index >= 15 is 0 Å². The van der Waals surface area contributed by atoms with E-state index in [1.807, 2.05) is 18.2 Å². The van der Waals surface area contributed by atoms with Crippen LogP contribution in [0.25, 0.3) is 11.4 Å². The van der Waals surface area contributed by atoms with E-state index in [0.717, 1.165) is 0 Å². The highest BCUT2D eigenvalue weighted by atomic mass is 16.6. The van der Waals surface area contributed by atoms with E-state index in [1.54, 1.807) is 51.7 Å². The maximum atomic E-state index is 13.7. The second-order valence-electron chi connectivity index (χ2n) is 11.2. The van der Waals surface area contributed by atoms with Gasteiger partial charge < -0.3 is 35.0 Å². The van der Waals surface area contributed by atoms with Gasteiger partial charge in [-0.05, 0) is 41.0 Å². The number of aliphatic hydroxyl groups is 1. The van der Waals surface area contributed by atoms with E-state index in [9.17, 15) is 24.3 Å². The third-order valence-corrected chi connectivity index (χ3v) is 6.44. The van der Waals surface area contributed by atoms with Crippen LogP contribution in [0.1, 0.15) is 57.9 Å². The zero-order valence-electron chi connectivity index (χ0n) is 25.5. The lowest BCUT2D eigenvalue weighted by molar-refractivity contribution is -0.155. The molecule has 1 saturated heterocycles. The Morgan fingerprint density at radius 1 is 1.02 bits per heavy atom. The van der Waals surface area contributed by atoms with Crippen LogP contribution in [0.2, 0.25) is 0 Å². The molecule has 234 valence electrons. The van der Waals surface area contributed by atoms with Crippen molar-refractivity contribution < 1.29 is 33.8 Å². The van der Waals surface area contributed by atoms with Crippen LogP contribution < -0.4 is 10.6 Å². The van der Waals surface area contributed by atoms with Crippen molar-refractivity contribution in [3.63, 3.8) is 0 Å². The van der Waals surface area contributed by atoms with Crippen LogP contribution in [0.5, 0.6) is 0 Å². The minimum atomic E-state index is -1.06. The number of esters is 1. The Morgan fingerprint density at radius 2 is 1.67 bits per heavy atom. The summed E-state index contributed by atoms with van der Waals surface area (Å²) in [5, 5.41) is 15.3. The summed E-state index contributed by atoms with van der Waals surface area (Å²) >= 11 is 0. The molecule has 1 aromatic heterocycles. The number of carbonyl (C=O) groups excluding carboxylic acids is 4. The molecule has 13 nitrogen and oxygen atoms in total. The van der Waals surface area contributed by atoms with Crippen LogP contribution >= 0.6 is 0 Å². The second kappa shape index (κ2) is 15.3. The number of nitrogens with one attached hydrogen (secondary N) is 2. The summed E-state index contributed by atoms with van der Waals surface area (Å²) in [6, 6.07) is 9.15. The van der Waals surface area contributed by atoms with Gasteiger partial charge in [0, 0.05) is 50.3 Å². The van der Waals surface area contributed by atoms with Crippen molar-refractivity contribution >= 4 is 29.7 Å². The zero-order chi connectivity index (χ0) is 31.6. The third kappa shape index (κ3) is 10.2. The molecule has 2 aromatic rings. The molecule has 0 saturated carbocycles. The standard InChI is InChI=1S/C30H42N6O7/c1-6-42-29(41)36-16-14-35(15-17-36)28(40)22(12-13-25(38)43-30(3,4)5)33-27(39)23-18-24(31-20(2)19-37)34-26(32-23)21-10-8-7-9-11-21/h7-11,18,20,22,37H,6,12-17,19H2,1-5H3,(H,33,39)(H,31,32,34)/t20-,22-/m0/s1. The van der Waals surface area contributed by atoms with Crippen molar-refractivity contribution in [3.05, 3.63) is 42.1 Å². The lowest BCUT2D eigenvalue weighted by Crippen LogP contribution is -2.56. The first kappa shape index (κ1) is 33.2. The Kier molecular flexibility index (Phi) is 11.8. The van der Waals surface area contributed by atoms with Gasteiger partial charge >= 0.3 is 12.1 Å². The van der Waals surface area contributed by atoms with Crippen molar-refractivity contribution in [3.8, 4) is 11.4 Å². The molecule has 13 heteroatoms. The molecule has 3 amide bonds. The van der Waals surface area contributed by atoms with E-state index < -0.39 is 29.6 Å². The summed E-state index contributed by atoms with van der Waals surface area (Å²) < 4.78 is 10.5. The summed E-state index contributed by atoms with van der Waals surface area (Å²) in [4.78, 5) is 63.9. The molecule has 1 fully saturated rings. The van der Waals surface area contributed by atoms with E-state index in [2.05, 4.69) is 20.6 Å². The van der Waals surface area contributed by atoms with Gasteiger partial charge in [-0.15, -0.1) is 0 Å². The Balaban J connectivity index is 1.84. The number of carbonyl (C=O) groups is 4. The smallest absolute Gasteiger partial charge is 0.409 e. The largest absolute Gasteiger partial charge is 0.460 e. The van der Waals surface area contributed by atoms with Crippen molar-refractivity contribution in [1.82, 2.24) is 25.1 Å². The van der Waals surface area contributed by atoms with Crippen LogP contribution in [0.15, 0.2) is 36.4 Å². The maximum Gasteiger partial charge on any atom is 0.409 e. The summed E-state index contributed by atoms with van der Waals surface area (Å²) in [5.41, 5.74) is -0.0229. The number of piperazine rings is 1. The SMILES string of the molecule is CCOC(=O)N1CCN(C(=O)[C@H](CCC(=O)OC(C)(C)C)NC(=O)c2cc(N[C@@H](C)CO)nc(-c3ccccc3)n2)CC1. The minimum Gasteiger partial charge on any atom is -0.460 e. The predicted molar refractivity (Wildman–Crippen MR) is 159 cm³/mol. The Labute approximate surface area is 252 Å². The van der Waals surface area contributed by atoms with Gasteiger partial charge in [-0.25, -0.2) is 14.8 Å². The summed E-state index contributed by atoms with van der Waals surface area (Å²) in [7, 11) is 0. The Morgan fingerprint density at radius 3 is 2.28 bits per heavy atom. The lowest BCUT2D eigenvalue weighted by Gasteiger charge is -2.36. The molecule has 0 spiro atoms. The van der Waals surface area contributed by atoms with E-state index in [-0.39, 0.29) is 75.7 Å². The molecule has 2 heterocycles. The highest BCUT2D eigenvalue weighted by Crippen LogP contribution is 2.19. The fourth-order valence-corrected chi connectivity index (χ4v) is 4.34. The number of rotatable bonds is 11. The normalized spacial score (nSPS) is 14.8. The molecular weight excluding hydrogens is 556 g/mol. The van der Waals surface area contributed by atoms with Crippen LogP contribution in [-0.4, -0.2) is 106 Å². The van der Waals surface area contributed by atoms with Crippen LogP contribution in [0.3, 0.4) is 0 Å². The lowest BCUT2D eigenvalue weighted by atomic mass is 10.1. The number of aromatic nitrogens is 2. The molecule has 3 rings (SSSR count). The van der Waals surface area contributed by atoms with Crippen molar-refractivity contribution in [2.45, 2.75) is 65.1 Å². The molecule has 0 unspecified atom stereocenters. The molecule has 3 N–H and O–H groups in total.